The number of anilines is 1. The zero-order valence-electron chi connectivity index (χ0n) is 17.7. The Morgan fingerprint density at radius 3 is 2.48 bits per heavy atom. The van der Waals surface area contributed by atoms with Crippen LogP contribution in [0.25, 0.3) is 0 Å². The third kappa shape index (κ3) is 5.81. The molecular formula is C22H24F2N4O2S. The third-order valence-electron chi connectivity index (χ3n) is 4.63. The van der Waals surface area contributed by atoms with Crippen molar-refractivity contribution in [2.45, 2.75) is 37.9 Å². The number of amides is 1. The average Bonchev–Trinajstić information content (AvgIpc) is 3.09. The highest BCUT2D eigenvalue weighted by Gasteiger charge is 2.18. The lowest BCUT2D eigenvalue weighted by Gasteiger charge is -2.15. The van der Waals surface area contributed by atoms with Gasteiger partial charge in [0, 0.05) is 13.1 Å². The van der Waals surface area contributed by atoms with Crippen LogP contribution in [0, 0.1) is 11.6 Å². The molecule has 6 nitrogen and oxygen atoms in total. The molecule has 0 spiro atoms. The molecule has 164 valence electrons. The van der Waals surface area contributed by atoms with Crippen LogP contribution in [0.5, 0.6) is 5.75 Å². The highest BCUT2D eigenvalue weighted by Crippen LogP contribution is 2.25. The maximum Gasteiger partial charge on any atom is 0.234 e. The Balaban J connectivity index is 1.58. The van der Waals surface area contributed by atoms with Gasteiger partial charge >= 0.3 is 0 Å². The fraction of sp³-hybridized carbons (Fsp3) is 0.318. The largest absolute Gasteiger partial charge is 0.483 e. The molecule has 1 aromatic heterocycles. The Bertz CT molecular complexity index is 1050. The van der Waals surface area contributed by atoms with E-state index in [9.17, 15) is 13.6 Å². The topological polar surface area (TPSA) is 69.0 Å². The Morgan fingerprint density at radius 1 is 1.13 bits per heavy atom. The third-order valence-corrected chi connectivity index (χ3v) is 5.65. The summed E-state index contributed by atoms with van der Waals surface area (Å²) < 4.78 is 34.4. The van der Waals surface area contributed by atoms with Crippen LogP contribution in [0.15, 0.2) is 47.6 Å². The molecule has 0 radical (unpaired) electrons. The van der Waals surface area contributed by atoms with Crippen LogP contribution in [-0.2, 0) is 11.8 Å². The maximum absolute atomic E-state index is 13.7. The molecule has 0 aliphatic heterocycles. The Hall–Kier alpha value is -2.94. The van der Waals surface area contributed by atoms with E-state index in [1.165, 1.54) is 11.6 Å². The first-order chi connectivity index (χ1) is 14.7. The number of thioether (sulfide) groups is 1. The van der Waals surface area contributed by atoms with Crippen LogP contribution >= 0.6 is 11.8 Å². The van der Waals surface area contributed by atoms with Crippen LogP contribution in [-0.4, -0.2) is 26.4 Å². The molecule has 1 atom stereocenters. The predicted molar refractivity (Wildman–Crippen MR) is 116 cm³/mol. The standard InChI is InChI=1S/C22H24F2N4O2S/c1-13(2)15-5-8-17(9-6-15)30-14(3)21-26-27-22(28(21)4)31-12-20(29)25-19-10-7-16(23)11-18(19)24/h5-11,13-14H,12H2,1-4H3,(H,25,29). The molecule has 31 heavy (non-hydrogen) atoms. The first-order valence-electron chi connectivity index (χ1n) is 9.78. The van der Waals surface area contributed by atoms with Crippen molar-refractivity contribution in [3.05, 3.63) is 65.5 Å². The molecule has 0 fully saturated rings. The van der Waals surface area contributed by atoms with Crippen molar-refractivity contribution in [2.24, 2.45) is 7.05 Å². The molecule has 0 saturated heterocycles. The van der Waals surface area contributed by atoms with Gasteiger partial charge < -0.3 is 14.6 Å². The van der Waals surface area contributed by atoms with Gasteiger partial charge in [0.1, 0.15) is 17.4 Å². The summed E-state index contributed by atoms with van der Waals surface area (Å²) in [5.74, 6) is -0.184. The minimum atomic E-state index is -0.827. The van der Waals surface area contributed by atoms with Crippen LogP contribution in [0.2, 0.25) is 0 Å². The summed E-state index contributed by atoms with van der Waals surface area (Å²) >= 11 is 1.16. The number of aromatic nitrogens is 3. The van der Waals surface area contributed by atoms with Crippen molar-refractivity contribution >= 4 is 23.4 Å². The zero-order valence-corrected chi connectivity index (χ0v) is 18.5. The summed E-state index contributed by atoms with van der Waals surface area (Å²) in [5, 5.41) is 11.2. The highest BCUT2D eigenvalue weighted by atomic mass is 32.2. The van der Waals surface area contributed by atoms with E-state index in [0.717, 1.165) is 29.6 Å². The molecule has 1 heterocycles. The average molecular weight is 447 g/mol. The lowest BCUT2D eigenvalue weighted by atomic mass is 10.0. The van der Waals surface area contributed by atoms with Gasteiger partial charge in [-0.3, -0.25) is 4.79 Å². The van der Waals surface area contributed by atoms with Crippen molar-refractivity contribution in [1.29, 1.82) is 0 Å². The summed E-state index contributed by atoms with van der Waals surface area (Å²) in [6.45, 7) is 6.14. The quantitative estimate of drug-likeness (QED) is 0.488. The van der Waals surface area contributed by atoms with Gasteiger partial charge in [-0.25, -0.2) is 8.78 Å². The van der Waals surface area contributed by atoms with Crippen LogP contribution in [0.1, 0.15) is 44.2 Å². The summed E-state index contributed by atoms with van der Waals surface area (Å²) in [7, 11) is 1.79. The number of carbonyl (C=O) groups excluding carboxylic acids is 1. The van der Waals surface area contributed by atoms with E-state index in [1.54, 1.807) is 11.6 Å². The first kappa shape index (κ1) is 22.7. The number of halogens is 2. The minimum absolute atomic E-state index is 0.00527. The first-order valence-corrected chi connectivity index (χ1v) is 10.8. The lowest BCUT2D eigenvalue weighted by Crippen LogP contribution is -2.16. The van der Waals surface area contributed by atoms with E-state index >= 15 is 0 Å². The molecule has 2 aromatic carbocycles. The smallest absolute Gasteiger partial charge is 0.234 e. The molecule has 3 aromatic rings. The molecule has 1 unspecified atom stereocenters. The normalized spacial score (nSPS) is 12.1. The minimum Gasteiger partial charge on any atom is -0.483 e. The van der Waals surface area contributed by atoms with Gasteiger partial charge in [-0.05, 0) is 42.7 Å². The molecule has 0 bridgehead atoms. The van der Waals surface area contributed by atoms with Crippen molar-refractivity contribution in [2.75, 3.05) is 11.1 Å². The molecule has 3 rings (SSSR count). The Morgan fingerprint density at radius 2 is 1.84 bits per heavy atom. The van der Waals surface area contributed by atoms with Crippen molar-refractivity contribution in [3.63, 3.8) is 0 Å². The fourth-order valence-corrected chi connectivity index (χ4v) is 3.62. The SMILES string of the molecule is CC(C)c1ccc(OC(C)c2nnc(SCC(=O)Nc3ccc(F)cc3F)n2C)cc1. The maximum atomic E-state index is 13.7. The second kappa shape index (κ2) is 9.91. The Labute approximate surface area is 184 Å². The molecule has 0 aliphatic carbocycles. The summed E-state index contributed by atoms with van der Waals surface area (Å²) in [5.41, 5.74) is 1.16. The molecular weight excluding hydrogens is 422 g/mol. The number of carbonyl (C=O) groups is 1. The summed E-state index contributed by atoms with van der Waals surface area (Å²) in [6, 6.07) is 10.9. The van der Waals surface area contributed by atoms with E-state index < -0.39 is 17.5 Å². The van der Waals surface area contributed by atoms with Crippen LogP contribution < -0.4 is 10.1 Å². The molecule has 1 amide bonds. The van der Waals surface area contributed by atoms with Crippen LogP contribution in [0.4, 0.5) is 14.5 Å². The van der Waals surface area contributed by atoms with Crippen molar-refractivity contribution in [3.8, 4) is 5.75 Å². The van der Waals surface area contributed by atoms with E-state index in [4.69, 9.17) is 4.74 Å². The lowest BCUT2D eigenvalue weighted by molar-refractivity contribution is -0.113. The van der Waals surface area contributed by atoms with E-state index in [1.807, 2.05) is 31.2 Å². The number of ether oxygens (including phenoxy) is 1. The summed E-state index contributed by atoms with van der Waals surface area (Å²) in [4.78, 5) is 12.1. The second-order valence-corrected chi connectivity index (χ2v) is 8.29. The number of hydrogen-bond acceptors (Lipinski definition) is 5. The predicted octanol–water partition coefficient (Wildman–Crippen LogP) is 5.09. The van der Waals surface area contributed by atoms with Gasteiger partial charge in [0.15, 0.2) is 17.1 Å². The number of nitrogens with one attached hydrogen (secondary N) is 1. The zero-order chi connectivity index (χ0) is 22.5. The molecule has 9 heteroatoms. The van der Waals surface area contributed by atoms with Crippen molar-refractivity contribution < 1.29 is 18.3 Å². The van der Waals surface area contributed by atoms with Gasteiger partial charge in [-0.2, -0.15) is 0 Å². The summed E-state index contributed by atoms with van der Waals surface area (Å²) in [6.07, 6.45) is -0.348. The number of benzene rings is 2. The van der Waals surface area contributed by atoms with Gasteiger partial charge in [-0.15, -0.1) is 10.2 Å². The Kier molecular flexibility index (Phi) is 7.27. The highest BCUT2D eigenvalue weighted by molar-refractivity contribution is 7.99. The van der Waals surface area contributed by atoms with Crippen LogP contribution in [0.3, 0.4) is 0 Å². The monoisotopic (exact) mass is 446 g/mol. The van der Waals surface area contributed by atoms with Crippen molar-refractivity contribution in [1.82, 2.24) is 14.8 Å². The van der Waals surface area contributed by atoms with E-state index in [-0.39, 0.29) is 17.5 Å². The number of hydrogen-bond donors (Lipinski definition) is 1. The molecule has 0 aliphatic rings. The van der Waals surface area contributed by atoms with Gasteiger partial charge in [0.2, 0.25) is 5.91 Å². The molecule has 1 N–H and O–H groups in total. The van der Waals surface area contributed by atoms with Gasteiger partial charge in [0.05, 0.1) is 11.4 Å². The fourth-order valence-electron chi connectivity index (χ4n) is 2.90. The number of nitrogens with zero attached hydrogens (tertiary/aromatic N) is 3. The van der Waals surface area contributed by atoms with E-state index in [2.05, 4.69) is 29.4 Å². The number of rotatable bonds is 8. The van der Waals surface area contributed by atoms with Gasteiger partial charge in [-0.1, -0.05) is 37.7 Å². The van der Waals surface area contributed by atoms with E-state index in [0.29, 0.717) is 16.9 Å². The van der Waals surface area contributed by atoms with Gasteiger partial charge in [0.25, 0.3) is 0 Å². The second-order valence-electron chi connectivity index (χ2n) is 7.34. The molecule has 0 saturated carbocycles.